The van der Waals surface area contributed by atoms with Crippen LogP contribution in [0.2, 0.25) is 0 Å². The van der Waals surface area contributed by atoms with Crippen LogP contribution in [0.1, 0.15) is 201 Å². The van der Waals surface area contributed by atoms with E-state index in [9.17, 15) is 14.4 Å². The summed E-state index contributed by atoms with van der Waals surface area (Å²) in [5.74, 6) is -0.983. The lowest BCUT2D eigenvalue weighted by molar-refractivity contribution is -0.167. The van der Waals surface area contributed by atoms with Gasteiger partial charge in [0.25, 0.3) is 0 Å². The highest BCUT2D eigenvalue weighted by atomic mass is 16.6. The van der Waals surface area contributed by atoms with Crippen LogP contribution < -0.4 is 0 Å². The molecule has 0 aromatic rings. The molecule has 354 valence electrons. The zero-order chi connectivity index (χ0) is 45.8. The van der Waals surface area contributed by atoms with Gasteiger partial charge in [0.2, 0.25) is 0 Å². The van der Waals surface area contributed by atoms with Gasteiger partial charge in [0.05, 0.1) is 0 Å². The van der Waals surface area contributed by atoms with Crippen molar-refractivity contribution >= 4 is 17.9 Å². The van der Waals surface area contributed by atoms with Crippen LogP contribution in [-0.4, -0.2) is 37.2 Å². The molecule has 63 heavy (non-hydrogen) atoms. The number of carbonyl (C=O) groups excluding carboxylic acids is 3. The zero-order valence-electron chi connectivity index (χ0n) is 40.3. The summed E-state index contributed by atoms with van der Waals surface area (Å²) in [4.78, 5) is 37.9. The van der Waals surface area contributed by atoms with Crippen molar-refractivity contribution in [1.82, 2.24) is 0 Å². The molecule has 0 aliphatic rings. The van der Waals surface area contributed by atoms with Gasteiger partial charge >= 0.3 is 17.9 Å². The molecule has 0 bridgehead atoms. The molecule has 0 saturated heterocycles. The molecule has 0 aromatic carbocycles. The molecular weight excluding hydrogens is 781 g/mol. The second-order valence-corrected chi connectivity index (χ2v) is 16.1. The molecule has 6 heteroatoms. The van der Waals surface area contributed by atoms with Crippen LogP contribution in [0.4, 0.5) is 0 Å². The number of carbonyl (C=O) groups is 3. The average molecular weight is 871 g/mol. The zero-order valence-corrected chi connectivity index (χ0v) is 40.3. The Morgan fingerprint density at radius 1 is 0.349 bits per heavy atom. The predicted molar refractivity (Wildman–Crippen MR) is 269 cm³/mol. The molecule has 0 rings (SSSR count). The fraction of sp³-hybridized carbons (Fsp3) is 0.596. The molecule has 0 amide bonds. The molecule has 0 N–H and O–H groups in total. The number of hydrogen-bond donors (Lipinski definition) is 0. The van der Waals surface area contributed by atoms with Crippen molar-refractivity contribution in [2.45, 2.75) is 207 Å². The molecule has 1 atom stereocenters. The van der Waals surface area contributed by atoms with Crippen LogP contribution in [-0.2, 0) is 28.6 Å². The second-order valence-electron chi connectivity index (χ2n) is 16.1. The average Bonchev–Trinajstić information content (AvgIpc) is 3.28. The lowest BCUT2D eigenvalue weighted by Crippen LogP contribution is -2.30. The number of ether oxygens (including phenoxy) is 3. The molecule has 0 spiro atoms. The van der Waals surface area contributed by atoms with E-state index >= 15 is 0 Å². The Kier molecular flexibility index (Phi) is 47.1. The Balaban J connectivity index is 4.47. The lowest BCUT2D eigenvalue weighted by Gasteiger charge is -2.18. The van der Waals surface area contributed by atoms with Crippen molar-refractivity contribution < 1.29 is 28.6 Å². The van der Waals surface area contributed by atoms with Crippen molar-refractivity contribution in [1.29, 1.82) is 0 Å². The van der Waals surface area contributed by atoms with E-state index in [4.69, 9.17) is 14.2 Å². The van der Waals surface area contributed by atoms with E-state index in [-0.39, 0.29) is 37.5 Å². The number of allylic oxidation sites excluding steroid dienone is 20. The van der Waals surface area contributed by atoms with Gasteiger partial charge in [0.1, 0.15) is 13.2 Å². The van der Waals surface area contributed by atoms with E-state index in [1.807, 2.05) is 24.3 Å². The Bertz CT molecular complexity index is 1370. The number of rotatable bonds is 43. The first-order chi connectivity index (χ1) is 31.0. The van der Waals surface area contributed by atoms with Gasteiger partial charge in [0.15, 0.2) is 6.10 Å². The van der Waals surface area contributed by atoms with Gasteiger partial charge in [-0.2, -0.15) is 0 Å². The summed E-state index contributed by atoms with van der Waals surface area (Å²) in [6.07, 6.45) is 68.9. The standard InChI is InChI=1S/C57H90O6/c1-4-7-10-13-16-19-22-24-26-27-28-29-31-32-35-38-41-44-47-50-56(59)62-53-54(52-61-55(58)49-46-43-40-37-34-21-18-15-12-9-6-3)63-57(60)51-48-45-42-39-36-33-30-25-23-20-17-14-11-8-5-2/h7-8,10-11,14-21,23-26,28-30,34,54H,4-6,9,12-13,22,27,31-33,35-53H2,1-3H3/b10-7-,11-8-,17-14-,18-15-,19-16-,23-20-,26-24-,29-28-,30-25-,34-21-. The summed E-state index contributed by atoms with van der Waals surface area (Å²) in [5.41, 5.74) is 0. The van der Waals surface area contributed by atoms with Crippen molar-refractivity contribution in [3.05, 3.63) is 122 Å². The number of esters is 3. The predicted octanol–water partition coefficient (Wildman–Crippen LogP) is 16.5. The molecule has 0 fully saturated rings. The Morgan fingerprint density at radius 3 is 1.19 bits per heavy atom. The van der Waals surface area contributed by atoms with Gasteiger partial charge in [-0.25, -0.2) is 0 Å². The first kappa shape index (κ1) is 58.8. The van der Waals surface area contributed by atoms with Crippen molar-refractivity contribution in [2.24, 2.45) is 0 Å². The summed E-state index contributed by atoms with van der Waals surface area (Å²) in [5, 5.41) is 0. The maximum absolute atomic E-state index is 12.8. The first-order valence-corrected chi connectivity index (χ1v) is 25.1. The first-order valence-electron chi connectivity index (χ1n) is 25.1. The molecule has 6 nitrogen and oxygen atoms in total. The largest absolute Gasteiger partial charge is 0.462 e. The topological polar surface area (TPSA) is 78.9 Å². The van der Waals surface area contributed by atoms with Gasteiger partial charge in [-0.15, -0.1) is 0 Å². The van der Waals surface area contributed by atoms with Gasteiger partial charge in [-0.05, 0) is 96.3 Å². The Labute approximate surface area is 386 Å². The van der Waals surface area contributed by atoms with E-state index in [0.717, 1.165) is 135 Å². The summed E-state index contributed by atoms with van der Waals surface area (Å²) in [6.45, 7) is 6.25. The third kappa shape index (κ3) is 48.7. The minimum absolute atomic E-state index is 0.108. The molecule has 0 aromatic heterocycles. The van der Waals surface area contributed by atoms with E-state index in [0.29, 0.717) is 12.8 Å². The molecule has 0 aliphatic heterocycles. The van der Waals surface area contributed by atoms with Gasteiger partial charge in [-0.3, -0.25) is 14.4 Å². The van der Waals surface area contributed by atoms with Crippen LogP contribution in [0.25, 0.3) is 0 Å². The van der Waals surface area contributed by atoms with Crippen molar-refractivity contribution in [2.75, 3.05) is 13.2 Å². The van der Waals surface area contributed by atoms with Crippen molar-refractivity contribution in [3.8, 4) is 0 Å². The minimum atomic E-state index is -0.810. The van der Waals surface area contributed by atoms with Gasteiger partial charge in [-0.1, -0.05) is 206 Å². The summed E-state index contributed by atoms with van der Waals surface area (Å²) in [6, 6.07) is 0. The van der Waals surface area contributed by atoms with Crippen LogP contribution in [0.15, 0.2) is 122 Å². The fourth-order valence-corrected chi connectivity index (χ4v) is 6.30. The molecule has 0 radical (unpaired) electrons. The summed E-state index contributed by atoms with van der Waals surface area (Å²) >= 11 is 0. The smallest absolute Gasteiger partial charge is 0.306 e. The van der Waals surface area contributed by atoms with Gasteiger partial charge in [0, 0.05) is 19.3 Å². The molecular formula is C57H90O6. The van der Waals surface area contributed by atoms with Crippen LogP contribution >= 0.6 is 0 Å². The van der Waals surface area contributed by atoms with Crippen molar-refractivity contribution in [3.63, 3.8) is 0 Å². The Hall–Kier alpha value is -4.19. The molecule has 0 aliphatic carbocycles. The number of unbranched alkanes of at least 4 members (excludes halogenated alkanes) is 16. The highest BCUT2D eigenvalue weighted by molar-refractivity contribution is 5.71. The maximum Gasteiger partial charge on any atom is 0.306 e. The highest BCUT2D eigenvalue weighted by Gasteiger charge is 2.19. The second kappa shape index (κ2) is 50.5. The van der Waals surface area contributed by atoms with Crippen LogP contribution in [0.3, 0.4) is 0 Å². The molecule has 0 heterocycles. The number of hydrogen-bond acceptors (Lipinski definition) is 6. The monoisotopic (exact) mass is 871 g/mol. The third-order valence-electron chi connectivity index (χ3n) is 10.1. The molecule has 0 saturated carbocycles. The SMILES string of the molecule is CC\C=C/C=C\C=C/C=C\CCCCCCCC(=O)OC(COC(=O)CCCCC/C=C\C=C/CCCC)COC(=O)CCCCCCCC/C=C\C/C=C\C/C=C\C/C=C\CC. The third-order valence-corrected chi connectivity index (χ3v) is 10.1. The van der Waals surface area contributed by atoms with Crippen LogP contribution in [0, 0.1) is 0 Å². The quantitative estimate of drug-likeness (QED) is 0.0200. The summed E-state index contributed by atoms with van der Waals surface area (Å²) < 4.78 is 16.7. The normalized spacial score (nSPS) is 13.1. The maximum atomic E-state index is 12.8. The summed E-state index contributed by atoms with van der Waals surface area (Å²) in [7, 11) is 0. The van der Waals surface area contributed by atoms with E-state index in [2.05, 4.69) is 118 Å². The fourth-order valence-electron chi connectivity index (χ4n) is 6.30. The lowest BCUT2D eigenvalue weighted by atomic mass is 10.1. The minimum Gasteiger partial charge on any atom is -0.462 e. The Morgan fingerprint density at radius 2 is 0.698 bits per heavy atom. The molecule has 1 unspecified atom stereocenters. The van der Waals surface area contributed by atoms with Gasteiger partial charge < -0.3 is 14.2 Å². The van der Waals surface area contributed by atoms with Crippen LogP contribution in [0.5, 0.6) is 0 Å². The van der Waals surface area contributed by atoms with E-state index < -0.39 is 6.10 Å². The van der Waals surface area contributed by atoms with E-state index in [1.54, 1.807) is 0 Å². The van der Waals surface area contributed by atoms with E-state index in [1.165, 1.54) is 25.7 Å². The highest BCUT2D eigenvalue weighted by Crippen LogP contribution is 2.13.